The van der Waals surface area contributed by atoms with Crippen molar-refractivity contribution in [2.24, 2.45) is 0 Å². The molecule has 0 unspecified atom stereocenters. The average molecular weight is 331 g/mol. The fourth-order valence-corrected chi connectivity index (χ4v) is 1.99. The van der Waals surface area contributed by atoms with Crippen LogP contribution < -0.4 is 11.1 Å². The summed E-state index contributed by atoms with van der Waals surface area (Å²) in [5, 5.41) is 6.40. The van der Waals surface area contributed by atoms with Gasteiger partial charge in [0.05, 0.1) is 0 Å². The van der Waals surface area contributed by atoms with E-state index < -0.39 is 23.3 Å². The summed E-state index contributed by atoms with van der Waals surface area (Å²) in [4.78, 5) is 23.7. The molecule has 1 heterocycles. The number of anilines is 1. The van der Waals surface area contributed by atoms with Crippen molar-refractivity contribution in [3.05, 3.63) is 70.7 Å². The first-order valence-corrected chi connectivity index (χ1v) is 6.90. The quantitative estimate of drug-likeness (QED) is 0.796. The van der Waals surface area contributed by atoms with Gasteiger partial charge in [0.15, 0.2) is 0 Å². The second-order valence-electron chi connectivity index (χ2n) is 4.89. The monoisotopic (exact) mass is 331 g/mol. The molecule has 6 nitrogen and oxygen atoms in total. The Labute approximate surface area is 134 Å². The Morgan fingerprint density at radius 3 is 2.25 bits per heavy atom. The third-order valence-corrected chi connectivity index (χ3v) is 3.12. The zero-order chi connectivity index (χ0) is 17.1. The molecule has 2 aromatic carbocycles. The van der Waals surface area contributed by atoms with Gasteiger partial charge in [-0.25, -0.2) is 13.6 Å². The number of carbonyl (C=O) groups excluding carboxylic acids is 1. The number of hydrogen-bond donors (Lipinski definition) is 1. The molecule has 0 aliphatic rings. The number of rotatable bonds is 4. The molecule has 1 amide bonds. The Morgan fingerprint density at radius 1 is 1.04 bits per heavy atom. The molecule has 0 fully saturated rings. The Hall–Kier alpha value is -3.29. The van der Waals surface area contributed by atoms with Gasteiger partial charge in [0.25, 0.3) is 0 Å². The molecule has 1 aromatic heterocycles. The minimum Gasteiger partial charge on any atom is -0.388 e. The van der Waals surface area contributed by atoms with Gasteiger partial charge >= 0.3 is 5.76 Å². The van der Waals surface area contributed by atoms with Gasteiger partial charge in [-0.1, -0.05) is 0 Å². The lowest BCUT2D eigenvalue weighted by atomic mass is 10.2. The number of hydrogen-bond acceptors (Lipinski definition) is 4. The molecule has 8 heteroatoms. The van der Waals surface area contributed by atoms with Crippen LogP contribution in [0.4, 0.5) is 14.5 Å². The normalized spacial score (nSPS) is 10.6. The van der Waals surface area contributed by atoms with E-state index in [1.165, 1.54) is 48.5 Å². The van der Waals surface area contributed by atoms with E-state index in [-0.39, 0.29) is 12.4 Å². The van der Waals surface area contributed by atoms with Gasteiger partial charge in [-0.05, 0) is 48.5 Å². The Bertz CT molecular complexity index is 915. The number of halogens is 2. The van der Waals surface area contributed by atoms with E-state index >= 15 is 0 Å². The van der Waals surface area contributed by atoms with Crippen LogP contribution in [0.3, 0.4) is 0 Å². The maximum absolute atomic E-state index is 12.9. The van der Waals surface area contributed by atoms with E-state index in [0.717, 1.165) is 4.68 Å². The smallest absolute Gasteiger partial charge is 0.388 e. The van der Waals surface area contributed by atoms with Crippen molar-refractivity contribution in [1.29, 1.82) is 0 Å². The van der Waals surface area contributed by atoms with Crippen molar-refractivity contribution in [2.75, 3.05) is 5.32 Å². The van der Waals surface area contributed by atoms with Gasteiger partial charge in [0.2, 0.25) is 11.8 Å². The Morgan fingerprint density at radius 2 is 1.62 bits per heavy atom. The zero-order valence-corrected chi connectivity index (χ0v) is 12.2. The summed E-state index contributed by atoms with van der Waals surface area (Å²) in [6, 6.07) is 10.4. The summed E-state index contributed by atoms with van der Waals surface area (Å²) in [6.45, 7) is -0.374. The molecule has 0 spiro atoms. The number of nitrogens with one attached hydrogen (secondary N) is 1. The molecule has 3 rings (SSSR count). The van der Waals surface area contributed by atoms with E-state index in [0.29, 0.717) is 11.3 Å². The van der Waals surface area contributed by atoms with E-state index in [1.807, 2.05) is 0 Å². The minimum atomic E-state index is -0.816. The van der Waals surface area contributed by atoms with Crippen LogP contribution in [0, 0.1) is 11.6 Å². The fourth-order valence-electron chi connectivity index (χ4n) is 1.99. The third kappa shape index (κ3) is 3.54. The summed E-state index contributed by atoms with van der Waals surface area (Å²) in [6.07, 6.45) is 0. The van der Waals surface area contributed by atoms with E-state index in [4.69, 9.17) is 4.42 Å². The molecule has 0 atom stereocenters. The van der Waals surface area contributed by atoms with Crippen LogP contribution in [0.25, 0.3) is 11.5 Å². The van der Waals surface area contributed by atoms with Crippen molar-refractivity contribution in [2.45, 2.75) is 6.54 Å². The Kier molecular flexibility index (Phi) is 4.19. The molecule has 0 saturated carbocycles. The number of amides is 1. The molecule has 24 heavy (non-hydrogen) atoms. The first-order chi connectivity index (χ1) is 11.5. The first kappa shape index (κ1) is 15.6. The lowest BCUT2D eigenvalue weighted by molar-refractivity contribution is -0.117. The SMILES string of the molecule is O=C(Cn1nc(-c2ccc(F)cc2)oc1=O)Nc1ccc(F)cc1. The van der Waals surface area contributed by atoms with Gasteiger partial charge in [-0.15, -0.1) is 5.10 Å². The van der Waals surface area contributed by atoms with Gasteiger partial charge in [-0.2, -0.15) is 4.68 Å². The van der Waals surface area contributed by atoms with Crippen LogP contribution in [0.1, 0.15) is 0 Å². The highest BCUT2D eigenvalue weighted by molar-refractivity contribution is 5.90. The van der Waals surface area contributed by atoms with Crippen molar-refractivity contribution in [3.8, 4) is 11.5 Å². The van der Waals surface area contributed by atoms with Crippen LogP contribution in [-0.4, -0.2) is 15.7 Å². The van der Waals surface area contributed by atoms with Crippen molar-refractivity contribution in [3.63, 3.8) is 0 Å². The van der Waals surface area contributed by atoms with Crippen LogP contribution >= 0.6 is 0 Å². The lowest BCUT2D eigenvalue weighted by Crippen LogP contribution is -2.25. The lowest BCUT2D eigenvalue weighted by Gasteiger charge is -2.03. The number of nitrogens with zero attached hydrogens (tertiary/aromatic N) is 2. The van der Waals surface area contributed by atoms with Gasteiger partial charge in [0, 0.05) is 11.3 Å². The molecule has 0 saturated heterocycles. The highest BCUT2D eigenvalue weighted by Gasteiger charge is 2.13. The highest BCUT2D eigenvalue weighted by atomic mass is 19.1. The predicted molar refractivity (Wildman–Crippen MR) is 81.2 cm³/mol. The second kappa shape index (κ2) is 6.45. The topological polar surface area (TPSA) is 77.1 Å². The fraction of sp³-hybridized carbons (Fsp3) is 0.0625. The molecule has 0 radical (unpaired) electrons. The van der Waals surface area contributed by atoms with Crippen molar-refractivity contribution in [1.82, 2.24) is 9.78 Å². The van der Waals surface area contributed by atoms with E-state index in [2.05, 4.69) is 10.4 Å². The molecule has 122 valence electrons. The molecular weight excluding hydrogens is 320 g/mol. The standard InChI is InChI=1S/C16H11F2N3O3/c17-11-3-1-10(2-4-11)15-20-21(16(23)24-15)9-14(22)19-13-7-5-12(18)6-8-13/h1-8H,9H2,(H,19,22). The molecule has 0 aliphatic carbocycles. The van der Waals surface area contributed by atoms with Crippen LogP contribution in [0.2, 0.25) is 0 Å². The molecule has 0 aliphatic heterocycles. The highest BCUT2D eigenvalue weighted by Crippen LogP contribution is 2.15. The van der Waals surface area contributed by atoms with Crippen molar-refractivity contribution >= 4 is 11.6 Å². The van der Waals surface area contributed by atoms with Crippen LogP contribution in [0.15, 0.2) is 57.7 Å². The van der Waals surface area contributed by atoms with Gasteiger partial charge in [0.1, 0.15) is 18.2 Å². The molecule has 0 bridgehead atoms. The molecular formula is C16H11F2N3O3. The van der Waals surface area contributed by atoms with E-state index in [9.17, 15) is 18.4 Å². The average Bonchev–Trinajstić information content (AvgIpc) is 2.91. The Balaban J connectivity index is 1.73. The van der Waals surface area contributed by atoms with Gasteiger partial charge in [-0.3, -0.25) is 4.79 Å². The summed E-state index contributed by atoms with van der Waals surface area (Å²) in [7, 11) is 0. The third-order valence-electron chi connectivity index (χ3n) is 3.12. The van der Waals surface area contributed by atoms with Gasteiger partial charge < -0.3 is 9.73 Å². The van der Waals surface area contributed by atoms with E-state index in [1.54, 1.807) is 0 Å². The molecule has 1 N–H and O–H groups in total. The number of carbonyl (C=O) groups is 1. The molecule has 3 aromatic rings. The maximum Gasteiger partial charge on any atom is 0.437 e. The number of benzene rings is 2. The summed E-state index contributed by atoms with van der Waals surface area (Å²) >= 11 is 0. The van der Waals surface area contributed by atoms with Crippen LogP contribution in [0.5, 0.6) is 0 Å². The maximum atomic E-state index is 12.9. The van der Waals surface area contributed by atoms with Crippen LogP contribution in [-0.2, 0) is 11.3 Å². The predicted octanol–water partition coefficient (Wildman–Crippen LogP) is 2.42. The zero-order valence-electron chi connectivity index (χ0n) is 12.2. The van der Waals surface area contributed by atoms with Crippen molar-refractivity contribution < 1.29 is 18.0 Å². The number of aromatic nitrogens is 2. The first-order valence-electron chi connectivity index (χ1n) is 6.90. The largest absolute Gasteiger partial charge is 0.437 e. The minimum absolute atomic E-state index is 0.0189. The second-order valence-corrected chi connectivity index (χ2v) is 4.89. The summed E-state index contributed by atoms with van der Waals surface area (Å²) < 4.78 is 31.5. The summed E-state index contributed by atoms with van der Waals surface area (Å²) in [5.74, 6) is -2.22. The summed E-state index contributed by atoms with van der Waals surface area (Å²) in [5.41, 5.74) is 0.794.